The van der Waals surface area contributed by atoms with Crippen molar-refractivity contribution < 1.29 is 9.53 Å². The van der Waals surface area contributed by atoms with Crippen molar-refractivity contribution in [2.24, 2.45) is 0 Å². The summed E-state index contributed by atoms with van der Waals surface area (Å²) < 4.78 is 7.83. The number of amides is 1. The minimum absolute atomic E-state index is 0.00704. The van der Waals surface area contributed by atoms with Gasteiger partial charge in [0, 0.05) is 18.3 Å². The quantitative estimate of drug-likeness (QED) is 0.463. The number of aromatic nitrogens is 2. The lowest BCUT2D eigenvalue weighted by molar-refractivity contribution is -0.0228. The Morgan fingerprint density at radius 3 is 2.28 bits per heavy atom. The summed E-state index contributed by atoms with van der Waals surface area (Å²) in [6, 6.07) is 30.2. The highest BCUT2D eigenvalue weighted by Crippen LogP contribution is 2.27. The summed E-state index contributed by atoms with van der Waals surface area (Å²) in [5.41, 5.74) is 4.52. The van der Waals surface area contributed by atoms with Gasteiger partial charge in [-0.05, 0) is 11.1 Å². The van der Waals surface area contributed by atoms with E-state index in [2.05, 4.69) is 12.1 Å². The summed E-state index contributed by atoms with van der Waals surface area (Å²) in [5, 5.41) is 4.81. The normalized spacial score (nSPS) is 16.1. The molecule has 1 saturated heterocycles. The number of ether oxygens (including phenoxy) is 1. The van der Waals surface area contributed by atoms with Crippen LogP contribution in [0, 0.1) is 0 Å². The summed E-state index contributed by atoms with van der Waals surface area (Å²) in [4.78, 5) is 15.5. The molecule has 1 aliphatic rings. The molecule has 5 heteroatoms. The zero-order chi connectivity index (χ0) is 21.8. The number of carbonyl (C=O) groups excluding carboxylic acids is 1. The monoisotopic (exact) mass is 423 g/mol. The molecular weight excluding hydrogens is 398 g/mol. The number of morpholine rings is 1. The molecule has 32 heavy (non-hydrogen) atoms. The molecule has 0 N–H and O–H groups in total. The zero-order valence-corrected chi connectivity index (χ0v) is 17.8. The number of carbonyl (C=O) groups is 1. The molecule has 0 unspecified atom stereocenters. The highest BCUT2D eigenvalue weighted by Gasteiger charge is 2.29. The van der Waals surface area contributed by atoms with Crippen LogP contribution < -0.4 is 0 Å². The van der Waals surface area contributed by atoms with E-state index in [1.807, 2.05) is 94.6 Å². The van der Waals surface area contributed by atoms with Gasteiger partial charge >= 0.3 is 0 Å². The van der Waals surface area contributed by atoms with Gasteiger partial charge in [0.05, 0.1) is 25.3 Å². The van der Waals surface area contributed by atoms with Crippen molar-refractivity contribution in [3.63, 3.8) is 0 Å². The number of rotatable bonds is 5. The summed E-state index contributed by atoms with van der Waals surface area (Å²) in [6.45, 7) is 2.23. The Balaban J connectivity index is 1.45. The second-order valence-electron chi connectivity index (χ2n) is 7.96. The fraction of sp³-hybridized carbons (Fsp3) is 0.185. The Hall–Kier alpha value is -3.70. The maximum Gasteiger partial charge on any atom is 0.257 e. The van der Waals surface area contributed by atoms with Crippen LogP contribution in [0.25, 0.3) is 11.3 Å². The molecule has 5 rings (SSSR count). The van der Waals surface area contributed by atoms with Gasteiger partial charge in [0.15, 0.2) is 0 Å². The Bertz CT molecular complexity index is 1170. The molecule has 1 aliphatic heterocycles. The number of hydrogen-bond donors (Lipinski definition) is 0. The third-order valence-corrected chi connectivity index (χ3v) is 5.75. The molecule has 1 atom stereocenters. The first-order valence-electron chi connectivity index (χ1n) is 10.9. The van der Waals surface area contributed by atoms with Crippen LogP contribution in [0.4, 0.5) is 0 Å². The van der Waals surface area contributed by atoms with Crippen LogP contribution in [-0.4, -0.2) is 40.3 Å². The lowest BCUT2D eigenvalue weighted by atomic mass is 10.1. The minimum Gasteiger partial charge on any atom is -0.370 e. The predicted molar refractivity (Wildman–Crippen MR) is 124 cm³/mol. The van der Waals surface area contributed by atoms with E-state index in [1.54, 1.807) is 0 Å². The van der Waals surface area contributed by atoms with Crippen molar-refractivity contribution in [2.75, 3.05) is 19.7 Å². The average Bonchev–Trinajstić information content (AvgIpc) is 3.29. The van der Waals surface area contributed by atoms with Gasteiger partial charge in [0.25, 0.3) is 5.91 Å². The van der Waals surface area contributed by atoms with E-state index in [0.717, 1.165) is 16.7 Å². The molecule has 0 bridgehead atoms. The third kappa shape index (κ3) is 4.34. The van der Waals surface area contributed by atoms with Crippen LogP contribution in [0.3, 0.4) is 0 Å². The highest BCUT2D eigenvalue weighted by atomic mass is 16.5. The van der Waals surface area contributed by atoms with Gasteiger partial charge in [-0.1, -0.05) is 91.0 Å². The van der Waals surface area contributed by atoms with Gasteiger partial charge in [0.2, 0.25) is 0 Å². The molecule has 0 spiro atoms. The molecule has 3 aromatic carbocycles. The van der Waals surface area contributed by atoms with E-state index >= 15 is 0 Å². The Kier molecular flexibility index (Phi) is 5.81. The van der Waals surface area contributed by atoms with Crippen LogP contribution >= 0.6 is 0 Å². The second kappa shape index (κ2) is 9.20. The molecule has 0 saturated carbocycles. The molecule has 5 nitrogen and oxygen atoms in total. The largest absolute Gasteiger partial charge is 0.370 e. The summed E-state index contributed by atoms with van der Waals surface area (Å²) in [5.74, 6) is -0.00704. The second-order valence-corrected chi connectivity index (χ2v) is 7.96. The average molecular weight is 424 g/mol. The van der Waals surface area contributed by atoms with Gasteiger partial charge in [-0.2, -0.15) is 5.10 Å². The predicted octanol–water partition coefficient (Wildman–Crippen LogP) is 4.81. The van der Waals surface area contributed by atoms with E-state index in [1.165, 1.54) is 0 Å². The van der Waals surface area contributed by atoms with Crippen LogP contribution in [0.5, 0.6) is 0 Å². The Labute approximate surface area is 187 Å². The van der Waals surface area contributed by atoms with Gasteiger partial charge in [-0.25, -0.2) is 0 Å². The summed E-state index contributed by atoms with van der Waals surface area (Å²) in [6.07, 6.45) is 1.76. The molecule has 160 valence electrons. The number of hydrogen-bond acceptors (Lipinski definition) is 3. The van der Waals surface area contributed by atoms with Gasteiger partial charge in [-0.3, -0.25) is 9.48 Å². The van der Waals surface area contributed by atoms with Crippen molar-refractivity contribution in [1.29, 1.82) is 0 Å². The first-order valence-corrected chi connectivity index (χ1v) is 10.9. The number of benzene rings is 3. The van der Waals surface area contributed by atoms with Crippen molar-refractivity contribution in [2.45, 2.75) is 12.6 Å². The fourth-order valence-electron chi connectivity index (χ4n) is 4.11. The molecule has 1 amide bonds. The molecule has 4 aromatic rings. The smallest absolute Gasteiger partial charge is 0.257 e. The minimum atomic E-state index is -0.117. The van der Waals surface area contributed by atoms with Gasteiger partial charge < -0.3 is 9.64 Å². The van der Waals surface area contributed by atoms with E-state index in [0.29, 0.717) is 37.5 Å². The van der Waals surface area contributed by atoms with E-state index in [9.17, 15) is 4.79 Å². The summed E-state index contributed by atoms with van der Waals surface area (Å²) >= 11 is 0. The molecular formula is C27H25N3O2. The van der Waals surface area contributed by atoms with Crippen molar-refractivity contribution in [3.05, 3.63) is 114 Å². The van der Waals surface area contributed by atoms with Gasteiger partial charge in [-0.15, -0.1) is 0 Å². The van der Waals surface area contributed by atoms with Crippen LogP contribution in [0.15, 0.2) is 97.2 Å². The zero-order valence-electron chi connectivity index (χ0n) is 17.8. The van der Waals surface area contributed by atoms with Crippen molar-refractivity contribution in [3.8, 4) is 11.3 Å². The maximum atomic E-state index is 13.7. The van der Waals surface area contributed by atoms with Crippen molar-refractivity contribution >= 4 is 5.91 Å². The lowest BCUT2D eigenvalue weighted by Gasteiger charge is -2.33. The first-order chi connectivity index (χ1) is 15.8. The van der Waals surface area contributed by atoms with E-state index in [4.69, 9.17) is 9.84 Å². The topological polar surface area (TPSA) is 47.4 Å². The maximum absolute atomic E-state index is 13.7. The fourth-order valence-corrected chi connectivity index (χ4v) is 4.11. The van der Waals surface area contributed by atoms with Crippen LogP contribution in [0.2, 0.25) is 0 Å². The molecule has 1 fully saturated rings. The third-order valence-electron chi connectivity index (χ3n) is 5.75. The standard InChI is InChI=1S/C27H25N3O2/c31-27(29-16-17-32-25(20-29)22-12-6-2-7-13-22)24-19-30(18-21-10-4-1-5-11-21)28-26(24)23-14-8-3-9-15-23/h1-15,19,25H,16-18,20H2/t25-/m0/s1. The van der Waals surface area contributed by atoms with Crippen LogP contribution in [0.1, 0.15) is 27.6 Å². The number of nitrogens with zero attached hydrogens (tertiary/aromatic N) is 3. The first kappa shape index (κ1) is 20.2. The van der Waals surface area contributed by atoms with E-state index in [-0.39, 0.29) is 12.0 Å². The Morgan fingerprint density at radius 1 is 0.906 bits per heavy atom. The van der Waals surface area contributed by atoms with Crippen LogP contribution in [-0.2, 0) is 11.3 Å². The van der Waals surface area contributed by atoms with E-state index < -0.39 is 0 Å². The molecule has 2 heterocycles. The molecule has 1 aromatic heterocycles. The van der Waals surface area contributed by atoms with Crippen molar-refractivity contribution in [1.82, 2.24) is 14.7 Å². The summed E-state index contributed by atoms with van der Waals surface area (Å²) in [7, 11) is 0. The highest BCUT2D eigenvalue weighted by molar-refractivity contribution is 5.99. The lowest BCUT2D eigenvalue weighted by Crippen LogP contribution is -2.42. The molecule has 0 radical (unpaired) electrons. The Morgan fingerprint density at radius 2 is 1.56 bits per heavy atom. The molecule has 0 aliphatic carbocycles. The SMILES string of the molecule is O=C(c1cn(Cc2ccccc2)nc1-c1ccccc1)N1CCO[C@H](c2ccccc2)C1. The van der Waals surface area contributed by atoms with Gasteiger partial charge in [0.1, 0.15) is 11.8 Å².